The normalized spacial score (nSPS) is 10.9. The number of nitrogens with zero attached hydrogens (tertiary/aromatic N) is 5. The number of carbonyl (C=O) groups excluding carboxylic acids is 1. The summed E-state index contributed by atoms with van der Waals surface area (Å²) >= 11 is 0. The number of carbonyl (C=O) groups is 1. The van der Waals surface area contributed by atoms with Gasteiger partial charge in [-0.05, 0) is 19.1 Å². The zero-order chi connectivity index (χ0) is 20.4. The maximum atomic E-state index is 13.5. The predicted molar refractivity (Wildman–Crippen MR) is 113 cm³/mol. The van der Waals surface area contributed by atoms with E-state index in [1.165, 1.54) is 0 Å². The highest BCUT2D eigenvalue weighted by Gasteiger charge is 2.26. The summed E-state index contributed by atoms with van der Waals surface area (Å²) in [6.45, 7) is 2.36. The van der Waals surface area contributed by atoms with Gasteiger partial charge in [0.2, 0.25) is 0 Å². The second-order valence-corrected chi connectivity index (χ2v) is 7.04. The van der Waals surface area contributed by atoms with Crippen LogP contribution in [0.5, 0.6) is 0 Å². The molecule has 0 spiro atoms. The maximum Gasteiger partial charge on any atom is 0.258 e. The van der Waals surface area contributed by atoms with E-state index in [0.717, 1.165) is 22.8 Å². The lowest BCUT2D eigenvalue weighted by atomic mass is 10.1. The summed E-state index contributed by atoms with van der Waals surface area (Å²) in [6.07, 6.45) is 3.61. The van der Waals surface area contributed by atoms with Crippen LogP contribution in [0.25, 0.3) is 16.9 Å². The largest absolute Gasteiger partial charge is 0.337 e. The highest BCUT2D eigenvalue weighted by atomic mass is 16.2. The third-order valence-corrected chi connectivity index (χ3v) is 5.02. The molecule has 146 valence electrons. The molecule has 0 aliphatic rings. The molecule has 0 saturated heterocycles. The fraction of sp³-hybridized carbons (Fsp3) is 0.174. The summed E-state index contributed by atoms with van der Waals surface area (Å²) in [5.41, 5.74) is 3.94. The summed E-state index contributed by atoms with van der Waals surface area (Å²) < 4.78 is 3.76. The quantitative estimate of drug-likeness (QED) is 0.524. The van der Waals surface area contributed by atoms with E-state index in [1.54, 1.807) is 18.1 Å². The van der Waals surface area contributed by atoms with Crippen LogP contribution >= 0.6 is 0 Å². The lowest BCUT2D eigenvalue weighted by molar-refractivity contribution is 0.0780. The van der Waals surface area contributed by atoms with Crippen molar-refractivity contribution in [2.45, 2.75) is 13.5 Å². The van der Waals surface area contributed by atoms with Gasteiger partial charge in [-0.1, -0.05) is 48.5 Å². The second kappa shape index (κ2) is 7.75. The van der Waals surface area contributed by atoms with Gasteiger partial charge in [-0.15, -0.1) is 0 Å². The first kappa shape index (κ1) is 18.7. The first-order valence-corrected chi connectivity index (χ1v) is 9.48. The fourth-order valence-electron chi connectivity index (χ4n) is 3.40. The summed E-state index contributed by atoms with van der Waals surface area (Å²) in [6, 6.07) is 19.7. The fourth-order valence-corrected chi connectivity index (χ4v) is 3.40. The number of hydrogen-bond donors (Lipinski definition) is 0. The molecule has 29 heavy (non-hydrogen) atoms. The molecule has 2 aromatic heterocycles. The van der Waals surface area contributed by atoms with Crippen LogP contribution in [0.2, 0.25) is 0 Å². The Balaban J connectivity index is 1.79. The van der Waals surface area contributed by atoms with Crippen molar-refractivity contribution in [3.8, 4) is 16.9 Å². The van der Waals surface area contributed by atoms with Crippen LogP contribution in [0.1, 0.15) is 21.9 Å². The number of para-hydroxylation sites is 1. The molecule has 0 N–H and O–H groups in total. The van der Waals surface area contributed by atoms with Gasteiger partial charge in [0, 0.05) is 32.1 Å². The molecule has 6 heteroatoms. The van der Waals surface area contributed by atoms with Crippen molar-refractivity contribution in [1.29, 1.82) is 0 Å². The van der Waals surface area contributed by atoms with E-state index >= 15 is 0 Å². The highest BCUT2D eigenvalue weighted by molar-refractivity contribution is 6.01. The van der Waals surface area contributed by atoms with E-state index in [-0.39, 0.29) is 5.91 Å². The van der Waals surface area contributed by atoms with E-state index in [9.17, 15) is 4.79 Å². The van der Waals surface area contributed by atoms with Crippen LogP contribution in [0.4, 0.5) is 0 Å². The number of amides is 1. The summed E-state index contributed by atoms with van der Waals surface area (Å²) in [4.78, 5) is 19.5. The van der Waals surface area contributed by atoms with Crippen LogP contribution in [-0.4, -0.2) is 37.2 Å². The Morgan fingerprint density at radius 3 is 2.31 bits per heavy atom. The van der Waals surface area contributed by atoms with Gasteiger partial charge in [0.1, 0.15) is 11.5 Å². The van der Waals surface area contributed by atoms with Crippen LogP contribution in [0.3, 0.4) is 0 Å². The lowest BCUT2D eigenvalue weighted by Crippen LogP contribution is -2.28. The number of aromatic nitrogens is 4. The Labute approximate surface area is 170 Å². The van der Waals surface area contributed by atoms with Gasteiger partial charge in [0.05, 0.1) is 23.5 Å². The standard InChI is InChI=1S/C23H23N5O/c1-17-21(23(29)27(3)16-20-24-14-15-26(20)2)22(18-10-6-4-7-11-18)25-28(17)19-12-8-5-9-13-19/h4-15H,16H2,1-3H3. The van der Waals surface area contributed by atoms with Crippen LogP contribution in [0, 0.1) is 6.92 Å². The SMILES string of the molecule is Cc1c(C(=O)N(C)Cc2nccn2C)c(-c2ccccc2)nn1-c1ccccc1. The molecule has 1 amide bonds. The van der Waals surface area contributed by atoms with Crippen molar-refractivity contribution >= 4 is 5.91 Å². The van der Waals surface area contributed by atoms with Crippen molar-refractivity contribution < 1.29 is 4.79 Å². The maximum absolute atomic E-state index is 13.5. The zero-order valence-electron chi connectivity index (χ0n) is 16.8. The van der Waals surface area contributed by atoms with E-state index in [0.29, 0.717) is 17.8 Å². The first-order chi connectivity index (χ1) is 14.1. The monoisotopic (exact) mass is 385 g/mol. The topological polar surface area (TPSA) is 56.0 Å². The molecule has 6 nitrogen and oxygen atoms in total. The summed E-state index contributed by atoms with van der Waals surface area (Å²) in [7, 11) is 3.72. The highest BCUT2D eigenvalue weighted by Crippen LogP contribution is 2.28. The van der Waals surface area contributed by atoms with E-state index in [4.69, 9.17) is 5.10 Å². The average molecular weight is 385 g/mol. The Morgan fingerprint density at radius 1 is 1.03 bits per heavy atom. The second-order valence-electron chi connectivity index (χ2n) is 7.04. The van der Waals surface area contributed by atoms with Gasteiger partial charge in [-0.3, -0.25) is 4.79 Å². The molecule has 0 radical (unpaired) electrons. The van der Waals surface area contributed by atoms with Crippen molar-refractivity contribution in [3.63, 3.8) is 0 Å². The third-order valence-electron chi connectivity index (χ3n) is 5.02. The van der Waals surface area contributed by atoms with Gasteiger partial charge >= 0.3 is 0 Å². The molecule has 0 aliphatic carbocycles. The lowest BCUT2D eigenvalue weighted by Gasteiger charge is -2.17. The van der Waals surface area contributed by atoms with Crippen molar-refractivity contribution in [2.24, 2.45) is 7.05 Å². The minimum atomic E-state index is -0.0773. The molecule has 0 bridgehead atoms. The number of imidazole rings is 1. The number of rotatable bonds is 5. The number of aryl methyl sites for hydroxylation is 1. The van der Waals surface area contributed by atoms with E-state index in [1.807, 2.05) is 90.1 Å². The zero-order valence-corrected chi connectivity index (χ0v) is 16.8. The molecule has 0 saturated carbocycles. The Hall–Kier alpha value is -3.67. The minimum absolute atomic E-state index is 0.0773. The molecule has 0 unspecified atom stereocenters. The van der Waals surface area contributed by atoms with Crippen molar-refractivity contribution in [2.75, 3.05) is 7.05 Å². The molecule has 4 rings (SSSR count). The van der Waals surface area contributed by atoms with Gasteiger partial charge in [-0.2, -0.15) is 5.10 Å². The molecule has 0 aliphatic heterocycles. The van der Waals surface area contributed by atoms with E-state index in [2.05, 4.69) is 4.98 Å². The van der Waals surface area contributed by atoms with Crippen molar-refractivity contribution in [3.05, 3.63) is 90.1 Å². The van der Waals surface area contributed by atoms with E-state index < -0.39 is 0 Å². The number of hydrogen-bond acceptors (Lipinski definition) is 3. The summed E-state index contributed by atoms with van der Waals surface area (Å²) in [5, 5.41) is 4.82. The molecular formula is C23H23N5O. The smallest absolute Gasteiger partial charge is 0.258 e. The van der Waals surface area contributed by atoms with Crippen LogP contribution in [-0.2, 0) is 13.6 Å². The third kappa shape index (κ3) is 3.57. The van der Waals surface area contributed by atoms with Crippen molar-refractivity contribution in [1.82, 2.24) is 24.2 Å². The molecule has 4 aromatic rings. The van der Waals surface area contributed by atoms with Gasteiger partial charge in [0.25, 0.3) is 5.91 Å². The van der Waals surface area contributed by atoms with Gasteiger partial charge < -0.3 is 9.47 Å². The minimum Gasteiger partial charge on any atom is -0.337 e. The first-order valence-electron chi connectivity index (χ1n) is 9.48. The molecular weight excluding hydrogens is 362 g/mol. The molecule has 0 fully saturated rings. The average Bonchev–Trinajstić information content (AvgIpc) is 3.31. The van der Waals surface area contributed by atoms with Crippen LogP contribution in [0.15, 0.2) is 73.1 Å². The Bertz CT molecular complexity index is 1130. The Kier molecular flexibility index (Phi) is 4.99. The van der Waals surface area contributed by atoms with Gasteiger partial charge in [0.15, 0.2) is 0 Å². The van der Waals surface area contributed by atoms with Crippen LogP contribution < -0.4 is 0 Å². The molecule has 2 heterocycles. The van der Waals surface area contributed by atoms with Gasteiger partial charge in [-0.25, -0.2) is 9.67 Å². The predicted octanol–water partition coefficient (Wildman–Crippen LogP) is 3.85. The Morgan fingerprint density at radius 2 is 1.69 bits per heavy atom. The summed E-state index contributed by atoms with van der Waals surface area (Å²) in [5.74, 6) is 0.752. The number of benzene rings is 2. The molecule has 2 aromatic carbocycles. The molecule has 0 atom stereocenters.